The summed E-state index contributed by atoms with van der Waals surface area (Å²) >= 11 is 0. The Morgan fingerprint density at radius 2 is 2.25 bits per heavy atom. The van der Waals surface area contributed by atoms with Crippen LogP contribution in [0.5, 0.6) is 0 Å². The first-order valence-corrected chi connectivity index (χ1v) is 5.61. The molecule has 0 atom stereocenters. The van der Waals surface area contributed by atoms with E-state index >= 15 is 0 Å². The molecule has 1 heterocycles. The van der Waals surface area contributed by atoms with E-state index in [1.165, 1.54) is 11.1 Å². The lowest BCUT2D eigenvalue weighted by Gasteiger charge is -2.05. The monoisotopic (exact) mass is 215 g/mol. The van der Waals surface area contributed by atoms with Gasteiger partial charge in [0, 0.05) is 12.7 Å². The maximum Gasteiger partial charge on any atom is 0.0648 e. The summed E-state index contributed by atoms with van der Waals surface area (Å²) in [7, 11) is 0. The predicted molar refractivity (Wildman–Crippen MR) is 65.7 cm³/mol. The van der Waals surface area contributed by atoms with Gasteiger partial charge in [-0.05, 0) is 36.7 Å². The number of hydrogen-bond donors (Lipinski definition) is 1. The number of nitrogens with one attached hydrogen (secondary N) is 1. The zero-order chi connectivity index (χ0) is 11.4. The van der Waals surface area contributed by atoms with Crippen LogP contribution in [0.3, 0.4) is 0 Å². The Hall–Kier alpha value is -1.61. The fraction of sp³-hybridized carbons (Fsp3) is 0.308. The molecule has 1 N–H and O–H groups in total. The normalized spacial score (nSPS) is 10.6. The van der Waals surface area contributed by atoms with E-state index in [0.29, 0.717) is 0 Å². The summed E-state index contributed by atoms with van der Waals surface area (Å²) in [4.78, 5) is 0. The van der Waals surface area contributed by atoms with E-state index in [1.54, 1.807) is 0 Å². The van der Waals surface area contributed by atoms with Gasteiger partial charge in [-0.1, -0.05) is 19.1 Å². The van der Waals surface area contributed by atoms with Crippen LogP contribution in [0.2, 0.25) is 0 Å². The van der Waals surface area contributed by atoms with Crippen LogP contribution in [0.4, 0.5) is 0 Å². The minimum atomic E-state index is 0.907. The van der Waals surface area contributed by atoms with Crippen molar-refractivity contribution in [1.82, 2.24) is 15.1 Å². The molecule has 1 aromatic heterocycles. The summed E-state index contributed by atoms with van der Waals surface area (Å²) in [6, 6.07) is 8.43. The van der Waals surface area contributed by atoms with Gasteiger partial charge in [-0.25, -0.2) is 4.68 Å². The number of hydrogen-bond acceptors (Lipinski definition) is 2. The van der Waals surface area contributed by atoms with Crippen molar-refractivity contribution in [2.75, 3.05) is 6.54 Å². The van der Waals surface area contributed by atoms with Crippen LogP contribution in [0.1, 0.15) is 18.1 Å². The van der Waals surface area contributed by atoms with Crippen molar-refractivity contribution in [2.24, 2.45) is 0 Å². The highest BCUT2D eigenvalue weighted by atomic mass is 15.3. The Labute approximate surface area is 96.1 Å². The zero-order valence-corrected chi connectivity index (χ0v) is 9.77. The Bertz CT molecular complexity index is 460. The zero-order valence-electron chi connectivity index (χ0n) is 9.77. The van der Waals surface area contributed by atoms with Gasteiger partial charge in [0.2, 0.25) is 0 Å². The third-order valence-electron chi connectivity index (χ3n) is 2.47. The Kier molecular flexibility index (Phi) is 3.37. The van der Waals surface area contributed by atoms with Crippen LogP contribution in [-0.4, -0.2) is 16.3 Å². The number of aryl methyl sites for hydroxylation is 1. The van der Waals surface area contributed by atoms with Gasteiger partial charge in [0.1, 0.15) is 0 Å². The largest absolute Gasteiger partial charge is 0.313 e. The van der Waals surface area contributed by atoms with E-state index in [0.717, 1.165) is 18.8 Å². The summed E-state index contributed by atoms with van der Waals surface area (Å²) < 4.78 is 1.91. The molecule has 0 fully saturated rings. The standard InChI is InChI=1S/C13H17N3/c1-3-14-9-12-5-4-6-13(7-12)16-10-11(2)8-15-16/h4-8,10,14H,3,9H2,1-2H3. The number of benzene rings is 1. The van der Waals surface area contributed by atoms with E-state index in [4.69, 9.17) is 0 Å². The Balaban J connectivity index is 2.22. The highest BCUT2D eigenvalue weighted by Crippen LogP contribution is 2.10. The van der Waals surface area contributed by atoms with E-state index < -0.39 is 0 Å². The highest BCUT2D eigenvalue weighted by Gasteiger charge is 1.99. The first kappa shape index (κ1) is 10.9. The molecule has 3 heteroatoms. The van der Waals surface area contributed by atoms with Crippen LogP contribution in [0.25, 0.3) is 5.69 Å². The van der Waals surface area contributed by atoms with E-state index in [1.807, 2.05) is 24.0 Å². The molecule has 0 saturated carbocycles. The van der Waals surface area contributed by atoms with Gasteiger partial charge >= 0.3 is 0 Å². The molecule has 0 bridgehead atoms. The molecule has 0 aliphatic rings. The van der Waals surface area contributed by atoms with E-state index in [9.17, 15) is 0 Å². The lowest BCUT2D eigenvalue weighted by Crippen LogP contribution is -2.11. The number of aromatic nitrogens is 2. The van der Waals surface area contributed by atoms with Gasteiger partial charge in [-0.15, -0.1) is 0 Å². The fourth-order valence-corrected chi connectivity index (χ4v) is 1.63. The smallest absolute Gasteiger partial charge is 0.0648 e. The lowest BCUT2D eigenvalue weighted by atomic mass is 10.2. The van der Waals surface area contributed by atoms with Gasteiger partial charge in [-0.3, -0.25) is 0 Å². The topological polar surface area (TPSA) is 29.9 Å². The molecule has 0 saturated heterocycles. The minimum Gasteiger partial charge on any atom is -0.313 e. The van der Waals surface area contributed by atoms with Gasteiger partial charge in [0.25, 0.3) is 0 Å². The average Bonchev–Trinajstić information content (AvgIpc) is 2.74. The first-order valence-electron chi connectivity index (χ1n) is 5.61. The molecule has 1 aromatic carbocycles. The van der Waals surface area contributed by atoms with E-state index in [2.05, 4.69) is 41.6 Å². The summed E-state index contributed by atoms with van der Waals surface area (Å²) in [6.45, 7) is 6.06. The molecule has 0 unspecified atom stereocenters. The maximum absolute atomic E-state index is 4.30. The molecule has 2 rings (SSSR count). The summed E-state index contributed by atoms with van der Waals surface area (Å²) in [6.07, 6.45) is 3.91. The highest BCUT2D eigenvalue weighted by molar-refractivity contribution is 5.35. The van der Waals surface area contributed by atoms with Crippen LogP contribution in [-0.2, 0) is 6.54 Å². The second-order valence-corrected chi connectivity index (χ2v) is 3.91. The van der Waals surface area contributed by atoms with Gasteiger partial charge in [0.15, 0.2) is 0 Å². The second-order valence-electron chi connectivity index (χ2n) is 3.91. The minimum absolute atomic E-state index is 0.907. The molecule has 0 aliphatic heterocycles. The van der Waals surface area contributed by atoms with Gasteiger partial charge in [-0.2, -0.15) is 5.10 Å². The molecule has 3 nitrogen and oxygen atoms in total. The first-order chi connectivity index (χ1) is 7.79. The Morgan fingerprint density at radius 3 is 2.94 bits per heavy atom. The molecular weight excluding hydrogens is 198 g/mol. The van der Waals surface area contributed by atoms with Crippen LogP contribution >= 0.6 is 0 Å². The van der Waals surface area contributed by atoms with Crippen LogP contribution in [0, 0.1) is 6.92 Å². The maximum atomic E-state index is 4.30. The van der Waals surface area contributed by atoms with Gasteiger partial charge < -0.3 is 5.32 Å². The summed E-state index contributed by atoms with van der Waals surface area (Å²) in [5.74, 6) is 0. The van der Waals surface area contributed by atoms with E-state index in [-0.39, 0.29) is 0 Å². The number of rotatable bonds is 4. The molecule has 84 valence electrons. The van der Waals surface area contributed by atoms with Crippen LogP contribution < -0.4 is 5.32 Å². The third-order valence-corrected chi connectivity index (χ3v) is 2.47. The SMILES string of the molecule is CCNCc1cccc(-n2cc(C)cn2)c1. The van der Waals surface area contributed by atoms with Crippen molar-refractivity contribution >= 4 is 0 Å². The quantitative estimate of drug-likeness (QED) is 0.848. The van der Waals surface area contributed by atoms with Crippen molar-refractivity contribution in [3.05, 3.63) is 47.8 Å². The molecule has 16 heavy (non-hydrogen) atoms. The lowest BCUT2D eigenvalue weighted by molar-refractivity contribution is 0.725. The molecule has 2 aromatic rings. The van der Waals surface area contributed by atoms with Crippen molar-refractivity contribution in [3.8, 4) is 5.69 Å². The molecule has 0 radical (unpaired) electrons. The number of nitrogens with zero attached hydrogens (tertiary/aromatic N) is 2. The van der Waals surface area contributed by atoms with Crippen LogP contribution in [0.15, 0.2) is 36.7 Å². The van der Waals surface area contributed by atoms with Crippen molar-refractivity contribution in [1.29, 1.82) is 0 Å². The molecule has 0 amide bonds. The Morgan fingerprint density at radius 1 is 1.38 bits per heavy atom. The fourth-order valence-electron chi connectivity index (χ4n) is 1.63. The van der Waals surface area contributed by atoms with Gasteiger partial charge in [0.05, 0.1) is 11.9 Å². The third kappa shape index (κ3) is 2.49. The van der Waals surface area contributed by atoms with Crippen molar-refractivity contribution in [2.45, 2.75) is 20.4 Å². The molecule has 0 spiro atoms. The van der Waals surface area contributed by atoms with Crippen molar-refractivity contribution in [3.63, 3.8) is 0 Å². The second kappa shape index (κ2) is 4.94. The molecular formula is C13H17N3. The average molecular weight is 215 g/mol. The van der Waals surface area contributed by atoms with Crippen molar-refractivity contribution < 1.29 is 0 Å². The predicted octanol–water partition coefficient (Wildman–Crippen LogP) is 2.29. The molecule has 0 aliphatic carbocycles. The summed E-state index contributed by atoms with van der Waals surface area (Å²) in [5.41, 5.74) is 3.58. The summed E-state index contributed by atoms with van der Waals surface area (Å²) in [5, 5.41) is 7.62.